The van der Waals surface area contributed by atoms with Crippen molar-refractivity contribution in [1.82, 2.24) is 19.9 Å². The summed E-state index contributed by atoms with van der Waals surface area (Å²) in [4.78, 5) is 14.7. The molecule has 164 valence electrons. The molecule has 3 heterocycles. The minimum atomic E-state index is 0.167. The summed E-state index contributed by atoms with van der Waals surface area (Å²) in [5.41, 5.74) is 12.8. The number of ether oxygens (including phenoxy) is 1. The third-order valence-corrected chi connectivity index (χ3v) is 6.97. The fourth-order valence-corrected chi connectivity index (χ4v) is 5.24. The van der Waals surface area contributed by atoms with Crippen LogP contribution in [0.5, 0.6) is 0 Å². The van der Waals surface area contributed by atoms with Gasteiger partial charge < -0.3 is 20.8 Å². The number of anilines is 2. The van der Waals surface area contributed by atoms with Crippen molar-refractivity contribution >= 4 is 22.7 Å². The van der Waals surface area contributed by atoms with E-state index in [1.54, 1.807) is 0 Å². The SMILES string of the molecule is COC1CCC(N(C)Cc2ccc3c(c2)NC(c2cc(N)nc4nc(C)[nH]c24)C3)CC1. The Labute approximate surface area is 183 Å². The fourth-order valence-electron chi connectivity index (χ4n) is 5.24. The summed E-state index contributed by atoms with van der Waals surface area (Å²) in [6.07, 6.45) is 6.12. The fraction of sp³-hybridized carbons (Fsp3) is 0.500. The second kappa shape index (κ2) is 8.13. The highest BCUT2D eigenvalue weighted by molar-refractivity contribution is 5.79. The van der Waals surface area contributed by atoms with Gasteiger partial charge in [-0.05, 0) is 69.3 Å². The molecule has 1 aliphatic carbocycles. The van der Waals surface area contributed by atoms with Gasteiger partial charge in [-0.3, -0.25) is 4.90 Å². The average Bonchev–Trinajstić information content (AvgIpc) is 3.35. The van der Waals surface area contributed by atoms with Gasteiger partial charge in [-0.15, -0.1) is 0 Å². The van der Waals surface area contributed by atoms with E-state index in [1.165, 1.54) is 29.7 Å². The molecule has 2 aliphatic rings. The molecular weight excluding hydrogens is 388 g/mol. The van der Waals surface area contributed by atoms with Crippen LogP contribution in [-0.2, 0) is 17.7 Å². The van der Waals surface area contributed by atoms with Crippen molar-refractivity contribution in [2.24, 2.45) is 0 Å². The number of nitrogens with zero attached hydrogens (tertiary/aromatic N) is 3. The number of hydrogen-bond acceptors (Lipinski definition) is 6. The average molecular weight is 421 g/mol. The van der Waals surface area contributed by atoms with E-state index in [4.69, 9.17) is 10.5 Å². The lowest BCUT2D eigenvalue weighted by molar-refractivity contribution is 0.0427. The summed E-state index contributed by atoms with van der Waals surface area (Å²) < 4.78 is 5.53. The maximum atomic E-state index is 6.07. The van der Waals surface area contributed by atoms with Crippen molar-refractivity contribution in [3.8, 4) is 0 Å². The van der Waals surface area contributed by atoms with Crippen molar-refractivity contribution in [3.05, 3.63) is 46.8 Å². The van der Waals surface area contributed by atoms with Gasteiger partial charge in [-0.1, -0.05) is 12.1 Å². The summed E-state index contributed by atoms with van der Waals surface area (Å²) in [5.74, 6) is 1.37. The van der Waals surface area contributed by atoms with Crippen LogP contribution in [0.1, 0.15) is 54.2 Å². The molecule has 0 saturated heterocycles. The molecule has 0 spiro atoms. The Balaban J connectivity index is 1.30. The highest BCUT2D eigenvalue weighted by Crippen LogP contribution is 2.37. The number of benzene rings is 1. The Morgan fingerprint density at radius 1 is 1.16 bits per heavy atom. The molecule has 7 heteroatoms. The van der Waals surface area contributed by atoms with Crippen LogP contribution in [0.15, 0.2) is 24.3 Å². The Hall–Kier alpha value is -2.64. The number of nitrogens with two attached hydrogens (primary N) is 1. The normalized spacial score (nSPS) is 23.3. The summed E-state index contributed by atoms with van der Waals surface area (Å²) in [6.45, 7) is 2.91. The number of aromatic nitrogens is 3. The number of hydrogen-bond donors (Lipinski definition) is 3. The molecule has 5 rings (SSSR count). The quantitative estimate of drug-likeness (QED) is 0.579. The molecule has 1 aromatic carbocycles. The lowest BCUT2D eigenvalue weighted by atomic mass is 9.92. The predicted molar refractivity (Wildman–Crippen MR) is 124 cm³/mol. The van der Waals surface area contributed by atoms with E-state index in [1.807, 2.05) is 20.1 Å². The lowest BCUT2D eigenvalue weighted by Gasteiger charge is -2.34. The molecule has 2 aromatic heterocycles. The van der Waals surface area contributed by atoms with Crippen LogP contribution < -0.4 is 11.1 Å². The number of aromatic amines is 1. The largest absolute Gasteiger partial charge is 0.384 e. The first-order valence-electron chi connectivity index (χ1n) is 11.2. The van der Waals surface area contributed by atoms with Crippen LogP contribution in [0.2, 0.25) is 0 Å². The first kappa shape index (κ1) is 20.3. The van der Waals surface area contributed by atoms with Crippen molar-refractivity contribution < 1.29 is 4.74 Å². The molecule has 1 atom stereocenters. The van der Waals surface area contributed by atoms with Crippen LogP contribution in [0, 0.1) is 6.92 Å². The lowest BCUT2D eigenvalue weighted by Crippen LogP contribution is -2.36. The van der Waals surface area contributed by atoms with Crippen LogP contribution in [0.25, 0.3) is 11.2 Å². The van der Waals surface area contributed by atoms with Crippen LogP contribution in [0.3, 0.4) is 0 Å². The number of fused-ring (bicyclic) bond motifs is 2. The number of H-pyrrole nitrogens is 1. The first-order chi connectivity index (χ1) is 15.0. The minimum Gasteiger partial charge on any atom is -0.384 e. The standard InChI is InChI=1S/C24H32N6O/c1-14-26-23-19(12-22(25)29-24(23)27-14)21-11-16-5-4-15(10-20(16)28-21)13-30(2)17-6-8-18(31-3)9-7-17/h4-5,10,12,17-18,21,28H,6-9,11,13H2,1-3H3,(H3,25,26,27,29). The van der Waals surface area contributed by atoms with Crippen molar-refractivity contribution in [3.63, 3.8) is 0 Å². The van der Waals surface area contributed by atoms with Gasteiger partial charge in [0.1, 0.15) is 11.6 Å². The van der Waals surface area contributed by atoms with E-state index < -0.39 is 0 Å². The van der Waals surface area contributed by atoms with Gasteiger partial charge in [0.25, 0.3) is 0 Å². The molecule has 1 aliphatic heterocycles. The summed E-state index contributed by atoms with van der Waals surface area (Å²) in [7, 11) is 4.08. The number of nitrogens with one attached hydrogen (secondary N) is 2. The van der Waals surface area contributed by atoms with Gasteiger partial charge >= 0.3 is 0 Å². The van der Waals surface area contributed by atoms with Crippen LogP contribution in [0.4, 0.5) is 11.5 Å². The third kappa shape index (κ3) is 4.00. The Morgan fingerprint density at radius 2 is 1.97 bits per heavy atom. The molecule has 31 heavy (non-hydrogen) atoms. The van der Waals surface area contributed by atoms with E-state index in [0.29, 0.717) is 23.6 Å². The van der Waals surface area contributed by atoms with Crippen molar-refractivity contribution in [2.45, 2.75) is 63.8 Å². The molecule has 3 aromatic rings. The number of pyridine rings is 1. The van der Waals surface area contributed by atoms with Gasteiger partial charge in [0, 0.05) is 30.9 Å². The molecule has 7 nitrogen and oxygen atoms in total. The van der Waals surface area contributed by atoms with Gasteiger partial charge in [-0.2, -0.15) is 0 Å². The zero-order valence-electron chi connectivity index (χ0n) is 18.6. The van der Waals surface area contributed by atoms with E-state index in [2.05, 4.69) is 50.4 Å². The van der Waals surface area contributed by atoms with Crippen LogP contribution in [-0.4, -0.2) is 46.2 Å². The summed E-state index contributed by atoms with van der Waals surface area (Å²) in [5, 5.41) is 3.72. The molecule has 0 amide bonds. The number of imidazole rings is 1. The third-order valence-electron chi connectivity index (χ3n) is 6.97. The number of methoxy groups -OCH3 is 1. The second-order valence-electron chi connectivity index (χ2n) is 9.13. The number of nitrogen functional groups attached to an aromatic ring is 1. The Bertz CT molecular complexity index is 1090. The summed E-state index contributed by atoms with van der Waals surface area (Å²) >= 11 is 0. The predicted octanol–water partition coefficient (Wildman–Crippen LogP) is 3.95. The minimum absolute atomic E-state index is 0.167. The highest BCUT2D eigenvalue weighted by atomic mass is 16.5. The van der Waals surface area contributed by atoms with Gasteiger partial charge in [0.15, 0.2) is 5.65 Å². The highest BCUT2D eigenvalue weighted by Gasteiger charge is 2.27. The van der Waals surface area contributed by atoms with E-state index in [-0.39, 0.29) is 6.04 Å². The molecule has 4 N–H and O–H groups in total. The molecule has 1 saturated carbocycles. The Morgan fingerprint density at radius 3 is 2.74 bits per heavy atom. The monoisotopic (exact) mass is 420 g/mol. The number of aryl methyl sites for hydroxylation is 1. The van der Waals surface area contributed by atoms with Crippen LogP contribution >= 0.6 is 0 Å². The first-order valence-corrected chi connectivity index (χ1v) is 11.2. The molecule has 1 unspecified atom stereocenters. The smallest absolute Gasteiger partial charge is 0.180 e. The maximum absolute atomic E-state index is 6.07. The molecule has 0 radical (unpaired) electrons. The van der Waals surface area contributed by atoms with Gasteiger partial charge in [0.2, 0.25) is 0 Å². The van der Waals surface area contributed by atoms with E-state index in [9.17, 15) is 0 Å². The molecule has 0 bridgehead atoms. The number of rotatable bonds is 5. The van der Waals surface area contributed by atoms with Crippen molar-refractivity contribution in [2.75, 3.05) is 25.2 Å². The van der Waals surface area contributed by atoms with Gasteiger partial charge in [-0.25, -0.2) is 9.97 Å². The Kier molecular flexibility index (Phi) is 5.32. The van der Waals surface area contributed by atoms with E-state index in [0.717, 1.165) is 42.7 Å². The van der Waals surface area contributed by atoms with Crippen molar-refractivity contribution in [1.29, 1.82) is 0 Å². The zero-order valence-corrected chi connectivity index (χ0v) is 18.6. The second-order valence-corrected chi connectivity index (χ2v) is 9.13. The summed E-state index contributed by atoms with van der Waals surface area (Å²) in [6, 6.07) is 9.63. The zero-order chi connectivity index (χ0) is 21.5. The van der Waals surface area contributed by atoms with Gasteiger partial charge in [0.05, 0.1) is 17.7 Å². The molecular formula is C24H32N6O. The maximum Gasteiger partial charge on any atom is 0.180 e. The molecule has 1 fully saturated rings. The van der Waals surface area contributed by atoms with E-state index >= 15 is 0 Å². The topological polar surface area (TPSA) is 92.1 Å².